The fourth-order valence-corrected chi connectivity index (χ4v) is 6.23. The second kappa shape index (κ2) is 21.2. The number of hydrogen-bond acceptors (Lipinski definition) is 6. The normalized spacial score (nSPS) is 15.9. The molecule has 6 heteroatoms. The Kier molecular flexibility index (Phi) is 16.4. The van der Waals surface area contributed by atoms with Crippen LogP contribution in [0.15, 0.2) is 72.8 Å². The molecule has 260 valence electrons. The third-order valence-electron chi connectivity index (χ3n) is 9.22. The Bertz CT molecular complexity index is 1320. The van der Waals surface area contributed by atoms with Crippen molar-refractivity contribution < 1.29 is 28.5 Å². The average molecular weight is 657 g/mol. The first-order valence-electron chi connectivity index (χ1n) is 18.5. The van der Waals surface area contributed by atoms with Gasteiger partial charge in [-0.2, -0.15) is 0 Å². The van der Waals surface area contributed by atoms with E-state index in [-0.39, 0.29) is 18.0 Å². The molecule has 3 aromatic carbocycles. The minimum absolute atomic E-state index is 0.0787. The predicted octanol–water partition coefficient (Wildman–Crippen LogP) is 11.3. The minimum Gasteiger partial charge on any atom is -0.494 e. The third kappa shape index (κ3) is 13.0. The summed E-state index contributed by atoms with van der Waals surface area (Å²) < 4.78 is 23.2. The van der Waals surface area contributed by atoms with Gasteiger partial charge in [0.1, 0.15) is 23.4 Å². The van der Waals surface area contributed by atoms with Crippen LogP contribution in [0.5, 0.6) is 17.2 Å². The van der Waals surface area contributed by atoms with Gasteiger partial charge in [-0.3, -0.25) is 0 Å². The number of unbranched alkanes of at least 4 members (excludes halogenated alkanes) is 10. The number of benzene rings is 3. The van der Waals surface area contributed by atoms with E-state index < -0.39 is 0 Å². The molecule has 1 fully saturated rings. The molecule has 0 N–H and O–H groups in total. The van der Waals surface area contributed by atoms with Crippen molar-refractivity contribution in [2.45, 2.75) is 129 Å². The molecule has 0 atom stereocenters. The second-order valence-corrected chi connectivity index (χ2v) is 13.1. The van der Waals surface area contributed by atoms with E-state index in [9.17, 15) is 9.59 Å². The van der Waals surface area contributed by atoms with Crippen molar-refractivity contribution in [3.63, 3.8) is 0 Å². The molecule has 6 nitrogen and oxygen atoms in total. The van der Waals surface area contributed by atoms with Crippen LogP contribution in [0.4, 0.5) is 0 Å². The fraction of sp³-hybridized carbons (Fsp3) is 0.524. The van der Waals surface area contributed by atoms with Crippen LogP contribution in [0.3, 0.4) is 0 Å². The smallest absolute Gasteiger partial charge is 0.343 e. The van der Waals surface area contributed by atoms with E-state index in [4.69, 9.17) is 18.9 Å². The Labute approximate surface area is 288 Å². The summed E-state index contributed by atoms with van der Waals surface area (Å²) in [7, 11) is 0. The lowest BCUT2D eigenvalue weighted by Crippen LogP contribution is -2.24. The van der Waals surface area contributed by atoms with Gasteiger partial charge < -0.3 is 18.9 Å². The number of hydrogen-bond donors (Lipinski definition) is 0. The SMILES string of the molecule is CCCCCCCCOc1ccc(C(=O)Oc2ccc(C3CCC(OC(=O)c4ccc(OCCCCCCCC)cc4)CC3)cc2)cc1. The number of rotatable bonds is 21. The Hall–Kier alpha value is -3.80. The highest BCUT2D eigenvalue weighted by molar-refractivity contribution is 5.91. The van der Waals surface area contributed by atoms with Crippen LogP contribution >= 0.6 is 0 Å². The summed E-state index contributed by atoms with van der Waals surface area (Å²) in [5, 5.41) is 0. The number of carbonyl (C=O) groups excluding carboxylic acids is 2. The molecule has 0 heterocycles. The van der Waals surface area contributed by atoms with Gasteiger partial charge in [0.2, 0.25) is 0 Å². The maximum Gasteiger partial charge on any atom is 0.343 e. The summed E-state index contributed by atoms with van der Waals surface area (Å²) in [5.41, 5.74) is 2.26. The largest absolute Gasteiger partial charge is 0.494 e. The van der Waals surface area contributed by atoms with E-state index in [0.717, 1.165) is 50.0 Å². The molecular formula is C42H56O6. The van der Waals surface area contributed by atoms with Crippen molar-refractivity contribution >= 4 is 11.9 Å². The van der Waals surface area contributed by atoms with Crippen LogP contribution in [-0.4, -0.2) is 31.3 Å². The maximum atomic E-state index is 12.8. The summed E-state index contributed by atoms with van der Waals surface area (Å²) in [6, 6.07) is 22.2. The zero-order valence-corrected chi connectivity index (χ0v) is 29.3. The van der Waals surface area contributed by atoms with Crippen LogP contribution in [0, 0.1) is 0 Å². The van der Waals surface area contributed by atoms with E-state index in [1.807, 2.05) is 48.5 Å². The van der Waals surface area contributed by atoms with E-state index in [2.05, 4.69) is 13.8 Å². The van der Waals surface area contributed by atoms with Crippen LogP contribution in [0.25, 0.3) is 0 Å². The zero-order valence-electron chi connectivity index (χ0n) is 29.3. The zero-order chi connectivity index (χ0) is 33.8. The maximum absolute atomic E-state index is 12.8. The summed E-state index contributed by atoms with van der Waals surface area (Å²) in [6.45, 7) is 5.85. The van der Waals surface area contributed by atoms with Gasteiger partial charge in [0, 0.05) is 0 Å². The van der Waals surface area contributed by atoms with Gasteiger partial charge in [0.15, 0.2) is 0 Å². The van der Waals surface area contributed by atoms with Crippen molar-refractivity contribution in [3.05, 3.63) is 89.5 Å². The van der Waals surface area contributed by atoms with Crippen molar-refractivity contribution in [2.75, 3.05) is 13.2 Å². The number of carbonyl (C=O) groups is 2. The summed E-state index contributed by atoms with van der Waals surface area (Å²) in [6.07, 6.45) is 18.2. The molecule has 0 radical (unpaired) electrons. The third-order valence-corrected chi connectivity index (χ3v) is 9.22. The second-order valence-electron chi connectivity index (χ2n) is 13.1. The molecule has 1 aliphatic rings. The van der Waals surface area contributed by atoms with Crippen molar-refractivity contribution in [1.29, 1.82) is 0 Å². The molecular weight excluding hydrogens is 600 g/mol. The molecule has 0 amide bonds. The van der Waals surface area contributed by atoms with Crippen molar-refractivity contribution in [1.82, 2.24) is 0 Å². The molecule has 0 aliphatic heterocycles. The first-order chi connectivity index (χ1) is 23.6. The molecule has 1 aliphatic carbocycles. The van der Waals surface area contributed by atoms with Crippen LogP contribution < -0.4 is 14.2 Å². The van der Waals surface area contributed by atoms with Gasteiger partial charge in [-0.05, 0) is 111 Å². The Morgan fingerprint density at radius 2 is 0.958 bits per heavy atom. The minimum atomic E-state index is -0.386. The molecule has 4 rings (SSSR count). The highest BCUT2D eigenvalue weighted by Crippen LogP contribution is 2.35. The number of ether oxygens (including phenoxy) is 4. The van der Waals surface area contributed by atoms with Gasteiger partial charge in [-0.25, -0.2) is 9.59 Å². The van der Waals surface area contributed by atoms with E-state index in [1.54, 1.807) is 24.3 Å². The fourth-order valence-electron chi connectivity index (χ4n) is 6.23. The first-order valence-corrected chi connectivity index (χ1v) is 18.5. The monoisotopic (exact) mass is 656 g/mol. The molecule has 0 unspecified atom stereocenters. The molecule has 3 aromatic rings. The van der Waals surface area contributed by atoms with Gasteiger partial charge in [-0.15, -0.1) is 0 Å². The van der Waals surface area contributed by atoms with Gasteiger partial charge >= 0.3 is 11.9 Å². The van der Waals surface area contributed by atoms with Crippen molar-refractivity contribution in [2.24, 2.45) is 0 Å². The molecule has 48 heavy (non-hydrogen) atoms. The van der Waals surface area contributed by atoms with Crippen LogP contribution in [0.2, 0.25) is 0 Å². The highest BCUT2D eigenvalue weighted by atomic mass is 16.5. The van der Waals surface area contributed by atoms with E-state index >= 15 is 0 Å². The quantitative estimate of drug-likeness (QED) is 0.0645. The Balaban J connectivity index is 1.12. The standard InChI is InChI=1S/C42H56O6/c1-3-5-7-9-11-13-31-45-37-23-19-35(20-24-37)41(43)47-39-27-15-33(16-28-39)34-17-29-40(30-18-34)48-42(44)36-21-25-38(26-22-36)46-32-14-12-10-8-6-4-2/h15-16,19-28,34,40H,3-14,17-18,29-32H2,1-2H3. The van der Waals surface area contributed by atoms with Gasteiger partial charge in [0.05, 0.1) is 24.3 Å². The number of esters is 2. The molecule has 1 saturated carbocycles. The molecule has 0 spiro atoms. The van der Waals surface area contributed by atoms with E-state index in [1.165, 1.54) is 69.8 Å². The summed E-state index contributed by atoms with van der Waals surface area (Å²) >= 11 is 0. The lowest BCUT2D eigenvalue weighted by Gasteiger charge is -2.28. The van der Waals surface area contributed by atoms with Gasteiger partial charge in [0.25, 0.3) is 0 Å². The predicted molar refractivity (Wildman–Crippen MR) is 192 cm³/mol. The molecule has 0 bridgehead atoms. The van der Waals surface area contributed by atoms with Crippen LogP contribution in [-0.2, 0) is 4.74 Å². The Morgan fingerprint density at radius 3 is 1.46 bits per heavy atom. The average Bonchev–Trinajstić information content (AvgIpc) is 3.12. The van der Waals surface area contributed by atoms with Crippen molar-refractivity contribution in [3.8, 4) is 17.2 Å². The Morgan fingerprint density at radius 1 is 0.521 bits per heavy atom. The van der Waals surface area contributed by atoms with Gasteiger partial charge in [-0.1, -0.05) is 90.2 Å². The molecule has 0 saturated heterocycles. The lowest BCUT2D eigenvalue weighted by atomic mass is 9.83. The topological polar surface area (TPSA) is 71.1 Å². The lowest BCUT2D eigenvalue weighted by molar-refractivity contribution is 0.0195. The van der Waals surface area contributed by atoms with Crippen LogP contribution in [0.1, 0.15) is 149 Å². The van der Waals surface area contributed by atoms with E-state index in [0.29, 0.717) is 36.0 Å². The highest BCUT2D eigenvalue weighted by Gasteiger charge is 2.25. The first kappa shape index (κ1) is 37.0. The summed E-state index contributed by atoms with van der Waals surface area (Å²) in [4.78, 5) is 25.5. The summed E-state index contributed by atoms with van der Waals surface area (Å²) in [5.74, 6) is 1.81. The molecule has 0 aromatic heterocycles.